The predicted octanol–water partition coefficient (Wildman–Crippen LogP) is 5.34. The van der Waals surface area contributed by atoms with E-state index in [1.165, 1.54) is 16.9 Å². The molecule has 2 aromatic heterocycles. The van der Waals surface area contributed by atoms with Crippen molar-refractivity contribution in [3.8, 4) is 0 Å². The number of amides is 1. The number of halogens is 1. The molecule has 0 radical (unpaired) electrons. The lowest BCUT2D eigenvalue weighted by atomic mass is 10.1. The molecule has 1 atom stereocenters. The van der Waals surface area contributed by atoms with E-state index in [1.54, 1.807) is 6.20 Å². The standard InChI is InChI=1S/C22H23ClN4OS/c1-2-15-5-7-16(8-6-15)21(28)26-22-25-19(14-29-22)20-4-3-11-27(20)13-18-10-9-17(23)12-24-18/h5-10,12,14,20H,2-4,11,13H2,1H3,(H,25,26,28)/t20-/m1/s1. The highest BCUT2D eigenvalue weighted by Crippen LogP contribution is 2.34. The lowest BCUT2D eigenvalue weighted by Gasteiger charge is -2.22. The topological polar surface area (TPSA) is 58.1 Å². The average molecular weight is 427 g/mol. The second-order valence-electron chi connectivity index (χ2n) is 7.18. The Morgan fingerprint density at radius 3 is 2.83 bits per heavy atom. The lowest BCUT2D eigenvalue weighted by Crippen LogP contribution is -2.23. The Morgan fingerprint density at radius 2 is 2.10 bits per heavy atom. The molecule has 0 saturated carbocycles. The van der Waals surface area contributed by atoms with Crippen molar-refractivity contribution < 1.29 is 4.79 Å². The van der Waals surface area contributed by atoms with Crippen LogP contribution in [-0.2, 0) is 13.0 Å². The van der Waals surface area contributed by atoms with Gasteiger partial charge in [-0.05, 0) is 55.6 Å². The molecule has 0 spiro atoms. The molecule has 0 unspecified atom stereocenters. The van der Waals surface area contributed by atoms with E-state index in [0.29, 0.717) is 15.7 Å². The second kappa shape index (κ2) is 9.03. The first kappa shape index (κ1) is 20.0. The fraction of sp³-hybridized carbons (Fsp3) is 0.318. The van der Waals surface area contributed by atoms with Crippen molar-refractivity contribution in [1.29, 1.82) is 0 Å². The summed E-state index contributed by atoms with van der Waals surface area (Å²) >= 11 is 7.41. The molecule has 3 aromatic rings. The van der Waals surface area contributed by atoms with Gasteiger partial charge in [-0.15, -0.1) is 11.3 Å². The highest BCUT2D eigenvalue weighted by molar-refractivity contribution is 7.14. The van der Waals surface area contributed by atoms with Gasteiger partial charge in [-0.25, -0.2) is 4.98 Å². The Morgan fingerprint density at radius 1 is 1.28 bits per heavy atom. The van der Waals surface area contributed by atoms with Gasteiger partial charge in [-0.1, -0.05) is 30.7 Å². The van der Waals surface area contributed by atoms with Gasteiger partial charge in [0.1, 0.15) is 0 Å². The van der Waals surface area contributed by atoms with Crippen molar-refractivity contribution in [2.24, 2.45) is 0 Å². The predicted molar refractivity (Wildman–Crippen MR) is 118 cm³/mol. The normalized spacial score (nSPS) is 16.8. The van der Waals surface area contributed by atoms with Gasteiger partial charge in [-0.3, -0.25) is 20.0 Å². The Balaban J connectivity index is 1.41. The van der Waals surface area contributed by atoms with Crippen molar-refractivity contribution in [3.63, 3.8) is 0 Å². The first-order valence-corrected chi connectivity index (χ1v) is 11.1. The number of nitrogens with one attached hydrogen (secondary N) is 1. The van der Waals surface area contributed by atoms with E-state index in [9.17, 15) is 4.79 Å². The number of carbonyl (C=O) groups is 1. The third-order valence-electron chi connectivity index (χ3n) is 5.23. The molecule has 1 amide bonds. The quantitative estimate of drug-likeness (QED) is 0.577. The van der Waals surface area contributed by atoms with Crippen LogP contribution in [-0.4, -0.2) is 27.3 Å². The number of anilines is 1. The molecule has 0 bridgehead atoms. The van der Waals surface area contributed by atoms with Gasteiger partial charge in [0.25, 0.3) is 5.91 Å². The molecule has 1 aliphatic heterocycles. The van der Waals surface area contributed by atoms with Crippen LogP contribution in [0.25, 0.3) is 0 Å². The molecule has 1 saturated heterocycles. The Labute approximate surface area is 179 Å². The maximum Gasteiger partial charge on any atom is 0.257 e. The van der Waals surface area contributed by atoms with Crippen molar-refractivity contribution in [1.82, 2.24) is 14.9 Å². The van der Waals surface area contributed by atoms with E-state index in [2.05, 4.69) is 22.1 Å². The van der Waals surface area contributed by atoms with Crippen LogP contribution in [0.2, 0.25) is 5.02 Å². The number of aromatic nitrogens is 2. The minimum Gasteiger partial charge on any atom is -0.298 e. The van der Waals surface area contributed by atoms with Crippen LogP contribution in [0.1, 0.15) is 53.1 Å². The molecule has 1 aromatic carbocycles. The molecule has 150 valence electrons. The van der Waals surface area contributed by atoms with Gasteiger partial charge in [0.05, 0.1) is 22.5 Å². The Hall–Kier alpha value is -2.28. The largest absolute Gasteiger partial charge is 0.298 e. The zero-order valence-electron chi connectivity index (χ0n) is 16.3. The van der Waals surface area contributed by atoms with Gasteiger partial charge < -0.3 is 0 Å². The maximum atomic E-state index is 12.5. The highest BCUT2D eigenvalue weighted by atomic mass is 35.5. The van der Waals surface area contributed by atoms with E-state index in [0.717, 1.165) is 43.7 Å². The van der Waals surface area contributed by atoms with E-state index in [-0.39, 0.29) is 11.9 Å². The van der Waals surface area contributed by atoms with Crippen LogP contribution in [0, 0.1) is 0 Å². The number of hydrogen-bond donors (Lipinski definition) is 1. The molecule has 29 heavy (non-hydrogen) atoms. The number of aryl methyl sites for hydroxylation is 1. The smallest absolute Gasteiger partial charge is 0.257 e. The molecule has 3 heterocycles. The summed E-state index contributed by atoms with van der Waals surface area (Å²) in [6.07, 6.45) is 4.83. The monoisotopic (exact) mass is 426 g/mol. The second-order valence-corrected chi connectivity index (χ2v) is 8.47. The number of hydrogen-bond acceptors (Lipinski definition) is 5. The van der Waals surface area contributed by atoms with Crippen molar-refractivity contribution in [3.05, 3.63) is 75.5 Å². The summed E-state index contributed by atoms with van der Waals surface area (Å²) in [6, 6.07) is 11.8. The highest BCUT2D eigenvalue weighted by Gasteiger charge is 2.28. The van der Waals surface area contributed by atoms with Crippen LogP contribution >= 0.6 is 22.9 Å². The number of nitrogens with zero attached hydrogens (tertiary/aromatic N) is 3. The molecular weight excluding hydrogens is 404 g/mol. The third-order valence-corrected chi connectivity index (χ3v) is 6.23. The number of pyridine rings is 1. The van der Waals surface area contributed by atoms with E-state index in [4.69, 9.17) is 16.6 Å². The van der Waals surface area contributed by atoms with Gasteiger partial charge in [0.15, 0.2) is 5.13 Å². The summed E-state index contributed by atoms with van der Waals surface area (Å²) in [6.45, 7) is 3.88. The first-order chi connectivity index (χ1) is 14.1. The lowest BCUT2D eigenvalue weighted by molar-refractivity contribution is 0.102. The molecule has 1 fully saturated rings. The number of carbonyl (C=O) groups excluding carboxylic acids is 1. The number of likely N-dealkylation sites (tertiary alicyclic amines) is 1. The minimum absolute atomic E-state index is 0.123. The Kier molecular flexibility index (Phi) is 6.23. The summed E-state index contributed by atoms with van der Waals surface area (Å²) in [7, 11) is 0. The fourth-order valence-corrected chi connectivity index (χ4v) is 4.48. The van der Waals surface area contributed by atoms with Crippen LogP contribution in [0.4, 0.5) is 5.13 Å². The van der Waals surface area contributed by atoms with Gasteiger partial charge in [0, 0.05) is 23.7 Å². The molecule has 1 aliphatic rings. The van der Waals surface area contributed by atoms with Crippen molar-refractivity contribution in [2.75, 3.05) is 11.9 Å². The molecule has 4 rings (SSSR count). The van der Waals surface area contributed by atoms with Crippen molar-refractivity contribution in [2.45, 2.75) is 38.8 Å². The van der Waals surface area contributed by atoms with E-state index in [1.807, 2.05) is 41.8 Å². The summed E-state index contributed by atoms with van der Waals surface area (Å²) in [5, 5.41) is 6.27. The zero-order valence-corrected chi connectivity index (χ0v) is 17.8. The number of thiazole rings is 1. The molecule has 5 nitrogen and oxygen atoms in total. The third kappa shape index (κ3) is 4.83. The van der Waals surface area contributed by atoms with Gasteiger partial charge >= 0.3 is 0 Å². The van der Waals surface area contributed by atoms with Gasteiger partial charge in [0.2, 0.25) is 0 Å². The van der Waals surface area contributed by atoms with Crippen LogP contribution in [0.3, 0.4) is 0 Å². The van der Waals surface area contributed by atoms with Gasteiger partial charge in [-0.2, -0.15) is 0 Å². The summed E-state index contributed by atoms with van der Waals surface area (Å²) in [4.78, 5) is 24.0. The molecule has 0 aliphatic carbocycles. The SMILES string of the molecule is CCc1ccc(C(=O)Nc2nc([C@H]3CCCN3Cc3ccc(Cl)cn3)cs2)cc1. The molecule has 1 N–H and O–H groups in total. The maximum absolute atomic E-state index is 12.5. The summed E-state index contributed by atoms with van der Waals surface area (Å²) in [5.41, 5.74) is 3.88. The van der Waals surface area contributed by atoms with Crippen LogP contribution < -0.4 is 5.32 Å². The average Bonchev–Trinajstić information content (AvgIpc) is 3.39. The number of rotatable bonds is 6. The molecular formula is C22H23ClN4OS. The Bertz CT molecular complexity index is 971. The zero-order chi connectivity index (χ0) is 20.2. The van der Waals surface area contributed by atoms with Crippen molar-refractivity contribution >= 4 is 34.0 Å². The van der Waals surface area contributed by atoms with Crippen LogP contribution in [0.5, 0.6) is 0 Å². The minimum atomic E-state index is -0.123. The summed E-state index contributed by atoms with van der Waals surface area (Å²) < 4.78 is 0. The first-order valence-electron chi connectivity index (χ1n) is 9.82. The van der Waals surface area contributed by atoms with E-state index < -0.39 is 0 Å². The fourth-order valence-electron chi connectivity index (χ4n) is 3.62. The van der Waals surface area contributed by atoms with E-state index >= 15 is 0 Å². The number of benzene rings is 1. The molecule has 7 heteroatoms. The summed E-state index contributed by atoms with van der Waals surface area (Å²) in [5.74, 6) is -0.123. The van der Waals surface area contributed by atoms with Crippen LogP contribution in [0.15, 0.2) is 48.0 Å².